The zero-order valence-corrected chi connectivity index (χ0v) is 16.0. The van der Waals surface area contributed by atoms with Gasteiger partial charge in [-0.1, -0.05) is 43.7 Å². The lowest BCUT2D eigenvalue weighted by Gasteiger charge is -2.18. The van der Waals surface area contributed by atoms with Crippen LogP contribution in [0.25, 0.3) is 0 Å². The summed E-state index contributed by atoms with van der Waals surface area (Å²) in [4.78, 5) is 35.5. The van der Waals surface area contributed by atoms with Crippen LogP contribution in [0.2, 0.25) is 0 Å². The van der Waals surface area contributed by atoms with Gasteiger partial charge in [0, 0.05) is 13.0 Å². The maximum absolute atomic E-state index is 12.1. The molecule has 1 aromatic heterocycles. The number of carbonyl (C=O) groups excluding carboxylic acids is 3. The van der Waals surface area contributed by atoms with E-state index in [1.165, 1.54) is 6.26 Å². The van der Waals surface area contributed by atoms with Crippen LogP contribution in [0.3, 0.4) is 0 Å². The zero-order chi connectivity index (χ0) is 20.2. The Hall–Kier alpha value is -3.09. The number of benzene rings is 1. The molecule has 0 aliphatic carbocycles. The van der Waals surface area contributed by atoms with E-state index in [0.29, 0.717) is 13.0 Å². The molecule has 7 nitrogen and oxygen atoms in total. The van der Waals surface area contributed by atoms with Crippen molar-refractivity contribution in [2.45, 2.75) is 38.6 Å². The summed E-state index contributed by atoms with van der Waals surface area (Å²) in [6, 6.07) is 12.8. The summed E-state index contributed by atoms with van der Waals surface area (Å²) in [5.74, 6) is -0.921. The molecule has 2 amide bonds. The first kappa shape index (κ1) is 21.2. The molecule has 0 saturated carbocycles. The molecule has 0 saturated heterocycles. The van der Waals surface area contributed by atoms with Crippen LogP contribution >= 0.6 is 0 Å². The third kappa shape index (κ3) is 7.26. The van der Waals surface area contributed by atoms with Crippen LogP contribution in [0.5, 0.6) is 0 Å². The highest BCUT2D eigenvalue weighted by atomic mass is 16.5. The van der Waals surface area contributed by atoms with Crippen LogP contribution in [0.1, 0.15) is 54.8 Å². The van der Waals surface area contributed by atoms with Crippen molar-refractivity contribution in [3.63, 3.8) is 0 Å². The average Bonchev–Trinajstić information content (AvgIpc) is 3.25. The summed E-state index contributed by atoms with van der Waals surface area (Å²) in [5.41, 5.74) is 1.02. The van der Waals surface area contributed by atoms with Crippen molar-refractivity contribution >= 4 is 17.8 Å². The van der Waals surface area contributed by atoms with Gasteiger partial charge in [-0.05, 0) is 30.5 Å². The van der Waals surface area contributed by atoms with E-state index in [2.05, 4.69) is 10.6 Å². The molecule has 2 N–H and O–H groups in total. The summed E-state index contributed by atoms with van der Waals surface area (Å²) < 4.78 is 9.99. The van der Waals surface area contributed by atoms with Gasteiger partial charge in [-0.3, -0.25) is 14.4 Å². The molecule has 2 aromatic rings. The van der Waals surface area contributed by atoms with E-state index >= 15 is 0 Å². The van der Waals surface area contributed by atoms with E-state index in [-0.39, 0.29) is 36.6 Å². The van der Waals surface area contributed by atoms with E-state index in [0.717, 1.165) is 18.4 Å². The second-order valence-corrected chi connectivity index (χ2v) is 6.32. The van der Waals surface area contributed by atoms with Crippen molar-refractivity contribution in [3.05, 3.63) is 60.1 Å². The fraction of sp³-hybridized carbons (Fsp3) is 0.381. The highest BCUT2D eigenvalue weighted by molar-refractivity contribution is 5.91. The molecule has 0 radical (unpaired) electrons. The standard InChI is InChI=1S/C21H26N2O5/c1-2-8-17(16-9-4-3-5-10-16)23-19(24)15-28-20(25)12-6-13-22-21(26)18-11-7-14-27-18/h3-5,7,9-11,14,17H,2,6,8,12-13,15H2,1H3,(H,22,26)(H,23,24). The van der Waals surface area contributed by atoms with Crippen molar-refractivity contribution in [1.29, 1.82) is 0 Å². The number of carbonyl (C=O) groups is 3. The number of hydrogen-bond donors (Lipinski definition) is 2. The number of amides is 2. The van der Waals surface area contributed by atoms with Crippen molar-refractivity contribution in [2.75, 3.05) is 13.2 Å². The lowest BCUT2D eigenvalue weighted by molar-refractivity contribution is -0.148. The van der Waals surface area contributed by atoms with Crippen molar-refractivity contribution < 1.29 is 23.5 Å². The lowest BCUT2D eigenvalue weighted by atomic mass is 10.0. The Balaban J connectivity index is 1.64. The number of esters is 1. The Morgan fingerprint density at radius 3 is 2.57 bits per heavy atom. The van der Waals surface area contributed by atoms with Gasteiger partial charge in [-0.15, -0.1) is 0 Å². The van der Waals surface area contributed by atoms with Gasteiger partial charge in [0.25, 0.3) is 11.8 Å². The van der Waals surface area contributed by atoms with Gasteiger partial charge in [0.1, 0.15) is 0 Å². The third-order valence-electron chi connectivity index (χ3n) is 4.07. The molecule has 0 aliphatic rings. The van der Waals surface area contributed by atoms with Gasteiger partial charge < -0.3 is 19.8 Å². The highest BCUT2D eigenvalue weighted by Crippen LogP contribution is 2.17. The molecule has 1 unspecified atom stereocenters. The van der Waals surface area contributed by atoms with E-state index in [1.807, 2.05) is 37.3 Å². The Morgan fingerprint density at radius 1 is 1.11 bits per heavy atom. The fourth-order valence-corrected chi connectivity index (χ4v) is 2.68. The second-order valence-electron chi connectivity index (χ2n) is 6.32. The molecule has 0 spiro atoms. The Bertz CT molecular complexity index is 743. The molecule has 150 valence electrons. The Morgan fingerprint density at radius 2 is 1.89 bits per heavy atom. The van der Waals surface area contributed by atoms with E-state index in [1.54, 1.807) is 12.1 Å². The van der Waals surface area contributed by atoms with Crippen LogP contribution in [-0.4, -0.2) is 30.9 Å². The molecule has 0 aliphatic heterocycles. The van der Waals surface area contributed by atoms with Crippen molar-refractivity contribution in [3.8, 4) is 0 Å². The zero-order valence-electron chi connectivity index (χ0n) is 16.0. The summed E-state index contributed by atoms with van der Waals surface area (Å²) >= 11 is 0. The maximum Gasteiger partial charge on any atom is 0.306 e. The minimum absolute atomic E-state index is 0.103. The number of furan rings is 1. The maximum atomic E-state index is 12.1. The van der Waals surface area contributed by atoms with Gasteiger partial charge in [0.05, 0.1) is 12.3 Å². The molecular formula is C21H26N2O5. The SMILES string of the molecule is CCCC(NC(=O)COC(=O)CCCNC(=O)c1ccco1)c1ccccc1. The van der Waals surface area contributed by atoms with Crippen LogP contribution in [0.15, 0.2) is 53.1 Å². The molecule has 28 heavy (non-hydrogen) atoms. The molecule has 1 atom stereocenters. The normalized spacial score (nSPS) is 11.5. The monoisotopic (exact) mass is 386 g/mol. The number of ether oxygens (including phenoxy) is 1. The number of nitrogens with one attached hydrogen (secondary N) is 2. The second kappa shape index (κ2) is 11.6. The van der Waals surface area contributed by atoms with Crippen LogP contribution < -0.4 is 10.6 Å². The quantitative estimate of drug-likeness (QED) is 0.457. The molecule has 0 bridgehead atoms. The summed E-state index contributed by atoms with van der Waals surface area (Å²) in [5, 5.41) is 5.55. The molecule has 1 heterocycles. The highest BCUT2D eigenvalue weighted by Gasteiger charge is 2.15. The van der Waals surface area contributed by atoms with Crippen LogP contribution in [0, 0.1) is 0 Å². The third-order valence-corrected chi connectivity index (χ3v) is 4.07. The Labute approximate surface area is 164 Å². The van der Waals surface area contributed by atoms with Crippen LogP contribution in [-0.2, 0) is 14.3 Å². The van der Waals surface area contributed by atoms with E-state index < -0.39 is 5.97 Å². The van der Waals surface area contributed by atoms with Crippen molar-refractivity contribution in [2.24, 2.45) is 0 Å². The average molecular weight is 386 g/mol. The van der Waals surface area contributed by atoms with Gasteiger partial charge in [-0.25, -0.2) is 0 Å². The minimum atomic E-state index is -0.478. The van der Waals surface area contributed by atoms with Gasteiger partial charge in [0.2, 0.25) is 0 Å². The first-order chi connectivity index (χ1) is 13.6. The Kier molecular flexibility index (Phi) is 8.78. The predicted molar refractivity (Wildman–Crippen MR) is 103 cm³/mol. The summed E-state index contributed by atoms with van der Waals surface area (Å²) in [6.45, 7) is 2.05. The molecule has 1 aromatic carbocycles. The van der Waals surface area contributed by atoms with Gasteiger partial charge >= 0.3 is 5.97 Å². The topological polar surface area (TPSA) is 97.6 Å². The molecule has 0 fully saturated rings. The molecule has 7 heteroatoms. The predicted octanol–water partition coefficient (Wildman–Crippen LogP) is 2.99. The van der Waals surface area contributed by atoms with E-state index in [4.69, 9.17) is 9.15 Å². The van der Waals surface area contributed by atoms with Gasteiger partial charge in [-0.2, -0.15) is 0 Å². The first-order valence-electron chi connectivity index (χ1n) is 9.41. The largest absolute Gasteiger partial charge is 0.459 e. The summed E-state index contributed by atoms with van der Waals surface area (Å²) in [6.07, 6.45) is 3.67. The molecular weight excluding hydrogens is 360 g/mol. The number of hydrogen-bond acceptors (Lipinski definition) is 5. The number of rotatable bonds is 11. The van der Waals surface area contributed by atoms with Crippen molar-refractivity contribution in [1.82, 2.24) is 10.6 Å². The molecule has 2 rings (SSSR count). The minimum Gasteiger partial charge on any atom is -0.459 e. The summed E-state index contributed by atoms with van der Waals surface area (Å²) in [7, 11) is 0. The van der Waals surface area contributed by atoms with E-state index in [9.17, 15) is 14.4 Å². The first-order valence-corrected chi connectivity index (χ1v) is 9.41. The van der Waals surface area contributed by atoms with Crippen LogP contribution in [0.4, 0.5) is 0 Å². The van der Waals surface area contributed by atoms with Gasteiger partial charge in [0.15, 0.2) is 12.4 Å². The fourth-order valence-electron chi connectivity index (χ4n) is 2.68. The lowest BCUT2D eigenvalue weighted by Crippen LogP contribution is -2.32. The smallest absolute Gasteiger partial charge is 0.306 e.